The molecule has 4 heteroatoms. The molecule has 1 saturated heterocycles. The van der Waals surface area contributed by atoms with Gasteiger partial charge in [0, 0.05) is 18.5 Å². The van der Waals surface area contributed by atoms with Gasteiger partial charge >= 0.3 is 0 Å². The summed E-state index contributed by atoms with van der Waals surface area (Å²) >= 11 is 3.43. The normalized spacial score (nSPS) is 21.7. The molecule has 1 aliphatic heterocycles. The fraction of sp³-hybridized carbons (Fsp3) is 0.909. The van der Waals surface area contributed by atoms with Crippen molar-refractivity contribution in [2.45, 2.75) is 26.7 Å². The Balaban J connectivity index is 2.26. The first-order chi connectivity index (χ1) is 7.05. The highest BCUT2D eigenvalue weighted by atomic mass is 79.9. The lowest BCUT2D eigenvalue weighted by molar-refractivity contribution is -0.125. The van der Waals surface area contributed by atoms with Gasteiger partial charge in [-0.15, -0.1) is 0 Å². The fourth-order valence-electron chi connectivity index (χ4n) is 1.56. The molecule has 0 spiro atoms. The molecule has 0 aromatic carbocycles. The lowest BCUT2D eigenvalue weighted by Crippen LogP contribution is -2.38. The Morgan fingerprint density at radius 1 is 1.60 bits per heavy atom. The molecule has 0 aromatic rings. The third-order valence-corrected chi connectivity index (χ3v) is 3.21. The van der Waals surface area contributed by atoms with Crippen LogP contribution in [-0.2, 0) is 9.53 Å². The van der Waals surface area contributed by atoms with Crippen LogP contribution in [0.2, 0.25) is 0 Å². The quantitative estimate of drug-likeness (QED) is 0.781. The van der Waals surface area contributed by atoms with E-state index >= 15 is 0 Å². The van der Waals surface area contributed by atoms with Gasteiger partial charge in [0.05, 0.1) is 12.5 Å². The van der Waals surface area contributed by atoms with Crippen LogP contribution in [0.25, 0.3) is 0 Å². The molecule has 1 amide bonds. The first-order valence-electron chi connectivity index (χ1n) is 5.46. The highest BCUT2D eigenvalue weighted by Crippen LogP contribution is 2.20. The highest BCUT2D eigenvalue weighted by Gasteiger charge is 2.25. The maximum absolute atomic E-state index is 11.7. The van der Waals surface area contributed by atoms with Crippen LogP contribution in [0.15, 0.2) is 0 Å². The Labute approximate surface area is 100 Å². The molecule has 1 heterocycles. The minimum atomic E-state index is 0.0739. The van der Waals surface area contributed by atoms with Crippen molar-refractivity contribution in [3.05, 3.63) is 0 Å². The maximum atomic E-state index is 11.7. The van der Waals surface area contributed by atoms with E-state index in [-0.39, 0.29) is 17.2 Å². The predicted molar refractivity (Wildman–Crippen MR) is 64.1 cm³/mol. The summed E-state index contributed by atoms with van der Waals surface area (Å²) in [6.07, 6.45) is 1.93. The number of halogens is 1. The summed E-state index contributed by atoms with van der Waals surface area (Å²) in [7, 11) is 0. The van der Waals surface area contributed by atoms with Crippen LogP contribution in [-0.4, -0.2) is 31.0 Å². The minimum absolute atomic E-state index is 0.0739. The van der Waals surface area contributed by atoms with Crippen molar-refractivity contribution < 1.29 is 9.53 Å². The van der Waals surface area contributed by atoms with Gasteiger partial charge in [0.25, 0.3) is 0 Å². The molecule has 0 aliphatic carbocycles. The van der Waals surface area contributed by atoms with Gasteiger partial charge in [-0.2, -0.15) is 0 Å². The van der Waals surface area contributed by atoms with Crippen molar-refractivity contribution in [2.75, 3.05) is 25.1 Å². The van der Waals surface area contributed by atoms with E-state index in [1.165, 1.54) is 0 Å². The maximum Gasteiger partial charge on any atom is 0.225 e. The zero-order valence-electron chi connectivity index (χ0n) is 9.51. The third kappa shape index (κ3) is 4.51. The Hall–Kier alpha value is -0.0900. The molecular formula is C11H20BrNO2. The van der Waals surface area contributed by atoms with Gasteiger partial charge in [0.2, 0.25) is 5.91 Å². The van der Waals surface area contributed by atoms with E-state index in [2.05, 4.69) is 35.1 Å². The Morgan fingerprint density at radius 2 is 2.33 bits per heavy atom. The second kappa shape index (κ2) is 5.85. The number of carbonyl (C=O) groups is 1. The van der Waals surface area contributed by atoms with E-state index in [0.29, 0.717) is 6.61 Å². The van der Waals surface area contributed by atoms with Crippen molar-refractivity contribution in [1.82, 2.24) is 5.32 Å². The van der Waals surface area contributed by atoms with E-state index in [1.54, 1.807) is 0 Å². The molecular weight excluding hydrogens is 258 g/mol. The molecule has 0 bridgehead atoms. The molecule has 3 nitrogen and oxygen atoms in total. The Bertz CT molecular complexity index is 213. The van der Waals surface area contributed by atoms with E-state index in [0.717, 1.165) is 31.3 Å². The SMILES string of the molecule is CC(C)(CCBr)CNC(=O)C1CCOC1. The summed E-state index contributed by atoms with van der Waals surface area (Å²) < 4.78 is 5.19. The molecule has 0 radical (unpaired) electrons. The van der Waals surface area contributed by atoms with Crippen LogP contribution in [0, 0.1) is 11.3 Å². The lowest BCUT2D eigenvalue weighted by Gasteiger charge is -2.24. The van der Waals surface area contributed by atoms with Crippen molar-refractivity contribution >= 4 is 21.8 Å². The summed E-state index contributed by atoms with van der Waals surface area (Å²) in [4.78, 5) is 11.7. The van der Waals surface area contributed by atoms with E-state index in [4.69, 9.17) is 4.74 Å². The van der Waals surface area contributed by atoms with E-state index in [9.17, 15) is 4.79 Å². The average molecular weight is 278 g/mol. The van der Waals surface area contributed by atoms with Crippen LogP contribution in [0.3, 0.4) is 0 Å². The van der Waals surface area contributed by atoms with Crippen LogP contribution in [0.4, 0.5) is 0 Å². The van der Waals surface area contributed by atoms with Crippen molar-refractivity contribution in [2.24, 2.45) is 11.3 Å². The third-order valence-electron chi connectivity index (χ3n) is 2.81. The number of carbonyl (C=O) groups excluding carboxylic acids is 1. The summed E-state index contributed by atoms with van der Waals surface area (Å²) in [5.41, 5.74) is 0.165. The first-order valence-corrected chi connectivity index (χ1v) is 6.59. The molecule has 0 saturated carbocycles. The van der Waals surface area contributed by atoms with Crippen LogP contribution in [0.1, 0.15) is 26.7 Å². The Morgan fingerprint density at radius 3 is 2.87 bits per heavy atom. The van der Waals surface area contributed by atoms with Crippen molar-refractivity contribution in [3.8, 4) is 0 Å². The van der Waals surface area contributed by atoms with Gasteiger partial charge in [-0.25, -0.2) is 0 Å². The summed E-state index contributed by atoms with van der Waals surface area (Å²) in [6.45, 7) is 6.39. The van der Waals surface area contributed by atoms with Crippen molar-refractivity contribution in [1.29, 1.82) is 0 Å². The molecule has 0 aromatic heterocycles. The summed E-state index contributed by atoms with van der Waals surface area (Å²) in [5, 5.41) is 3.98. The van der Waals surface area contributed by atoms with E-state index in [1.807, 2.05) is 0 Å². The number of hydrogen-bond acceptors (Lipinski definition) is 2. The largest absolute Gasteiger partial charge is 0.381 e. The molecule has 1 rings (SSSR count). The minimum Gasteiger partial charge on any atom is -0.381 e. The Kier molecular flexibility index (Phi) is 5.06. The number of amides is 1. The molecule has 1 aliphatic rings. The zero-order valence-corrected chi connectivity index (χ0v) is 11.1. The highest BCUT2D eigenvalue weighted by molar-refractivity contribution is 9.09. The standard InChI is InChI=1S/C11H20BrNO2/c1-11(2,4-5-12)8-13-10(14)9-3-6-15-7-9/h9H,3-8H2,1-2H3,(H,13,14). The zero-order chi connectivity index (χ0) is 11.3. The summed E-state index contributed by atoms with van der Waals surface area (Å²) in [6, 6.07) is 0. The average Bonchev–Trinajstić information content (AvgIpc) is 2.67. The first kappa shape index (κ1) is 13.0. The van der Waals surface area contributed by atoms with Gasteiger partial charge in [0.15, 0.2) is 0 Å². The van der Waals surface area contributed by atoms with Crippen LogP contribution >= 0.6 is 15.9 Å². The molecule has 1 N–H and O–H groups in total. The van der Waals surface area contributed by atoms with E-state index < -0.39 is 0 Å². The smallest absolute Gasteiger partial charge is 0.225 e. The molecule has 15 heavy (non-hydrogen) atoms. The number of ether oxygens (including phenoxy) is 1. The second-order valence-corrected chi connectivity index (χ2v) is 5.67. The molecule has 1 unspecified atom stereocenters. The van der Waals surface area contributed by atoms with Crippen LogP contribution < -0.4 is 5.32 Å². The molecule has 88 valence electrons. The van der Waals surface area contributed by atoms with Gasteiger partial charge in [-0.05, 0) is 18.3 Å². The monoisotopic (exact) mass is 277 g/mol. The predicted octanol–water partition coefficient (Wildman–Crippen LogP) is 1.95. The number of alkyl halides is 1. The number of rotatable bonds is 5. The lowest BCUT2D eigenvalue weighted by atomic mass is 9.90. The topological polar surface area (TPSA) is 38.3 Å². The summed E-state index contributed by atoms with van der Waals surface area (Å²) in [5.74, 6) is 0.222. The van der Waals surface area contributed by atoms with Crippen LogP contribution in [0.5, 0.6) is 0 Å². The van der Waals surface area contributed by atoms with Gasteiger partial charge < -0.3 is 10.1 Å². The fourth-order valence-corrected chi connectivity index (χ4v) is 2.63. The van der Waals surface area contributed by atoms with Crippen molar-refractivity contribution in [3.63, 3.8) is 0 Å². The molecule has 1 atom stereocenters. The second-order valence-electron chi connectivity index (χ2n) is 4.88. The van der Waals surface area contributed by atoms with Gasteiger partial charge in [-0.1, -0.05) is 29.8 Å². The van der Waals surface area contributed by atoms with Gasteiger partial charge in [-0.3, -0.25) is 4.79 Å². The number of hydrogen-bond donors (Lipinski definition) is 1. The number of nitrogens with one attached hydrogen (secondary N) is 1. The molecule has 1 fully saturated rings. The van der Waals surface area contributed by atoms with Gasteiger partial charge in [0.1, 0.15) is 0 Å².